The summed E-state index contributed by atoms with van der Waals surface area (Å²) in [5, 5.41) is 11.7. The molecule has 94 valence electrons. The fraction of sp³-hybridized carbons (Fsp3) is 0.133. The highest BCUT2D eigenvalue weighted by molar-refractivity contribution is 6.05. The third kappa shape index (κ3) is 2.96. The van der Waals surface area contributed by atoms with Crippen LogP contribution in [0.25, 0.3) is 0 Å². The number of aromatic nitrogens is 1. The molecule has 19 heavy (non-hydrogen) atoms. The number of anilines is 1. The van der Waals surface area contributed by atoms with E-state index in [0.717, 1.165) is 16.8 Å². The first-order valence-corrected chi connectivity index (χ1v) is 5.84. The Morgan fingerprint density at radius 2 is 1.95 bits per heavy atom. The molecular formula is C15H13N3O. The van der Waals surface area contributed by atoms with Crippen LogP contribution in [-0.4, -0.2) is 10.9 Å². The SMILES string of the molecule is Cc1cc(C)cc(NC(=O)c2cnccc2C#N)c1. The number of rotatable bonds is 2. The Hall–Kier alpha value is -2.67. The Labute approximate surface area is 111 Å². The van der Waals surface area contributed by atoms with Crippen LogP contribution in [0.3, 0.4) is 0 Å². The second-order valence-electron chi connectivity index (χ2n) is 4.36. The molecule has 0 aliphatic carbocycles. The van der Waals surface area contributed by atoms with Crippen molar-refractivity contribution >= 4 is 11.6 Å². The van der Waals surface area contributed by atoms with Crippen LogP contribution in [0.5, 0.6) is 0 Å². The largest absolute Gasteiger partial charge is 0.322 e. The van der Waals surface area contributed by atoms with Crippen molar-refractivity contribution < 1.29 is 4.79 Å². The number of carbonyl (C=O) groups is 1. The van der Waals surface area contributed by atoms with E-state index in [1.54, 1.807) is 0 Å². The number of nitriles is 1. The normalized spacial score (nSPS) is 9.74. The lowest BCUT2D eigenvalue weighted by Crippen LogP contribution is -2.14. The van der Waals surface area contributed by atoms with Gasteiger partial charge in [0, 0.05) is 18.1 Å². The number of pyridine rings is 1. The molecule has 0 bridgehead atoms. The molecule has 1 N–H and O–H groups in total. The monoisotopic (exact) mass is 251 g/mol. The number of hydrogen-bond donors (Lipinski definition) is 1. The van der Waals surface area contributed by atoms with E-state index >= 15 is 0 Å². The molecule has 0 spiro atoms. The van der Waals surface area contributed by atoms with E-state index in [1.165, 1.54) is 18.5 Å². The smallest absolute Gasteiger partial charge is 0.258 e. The molecule has 2 rings (SSSR count). The summed E-state index contributed by atoms with van der Waals surface area (Å²) in [5.41, 5.74) is 3.46. The zero-order valence-corrected chi connectivity index (χ0v) is 10.8. The van der Waals surface area contributed by atoms with Gasteiger partial charge in [-0.05, 0) is 43.2 Å². The van der Waals surface area contributed by atoms with Gasteiger partial charge in [-0.15, -0.1) is 0 Å². The van der Waals surface area contributed by atoms with Crippen LogP contribution in [0.2, 0.25) is 0 Å². The standard InChI is InChI=1S/C15H13N3O/c1-10-5-11(2)7-13(6-10)18-15(19)14-9-17-4-3-12(14)8-16/h3-7,9H,1-2H3,(H,18,19). The molecule has 0 unspecified atom stereocenters. The third-order valence-electron chi connectivity index (χ3n) is 2.67. The van der Waals surface area contributed by atoms with Gasteiger partial charge in [-0.1, -0.05) is 6.07 Å². The zero-order chi connectivity index (χ0) is 13.8. The molecule has 0 fully saturated rings. The zero-order valence-electron chi connectivity index (χ0n) is 10.8. The minimum atomic E-state index is -0.324. The fourth-order valence-electron chi connectivity index (χ4n) is 1.92. The number of amides is 1. The molecule has 1 aromatic carbocycles. The summed E-state index contributed by atoms with van der Waals surface area (Å²) in [6.45, 7) is 3.93. The Bertz CT molecular complexity index is 651. The van der Waals surface area contributed by atoms with Crippen LogP contribution in [0.1, 0.15) is 27.0 Å². The first-order chi connectivity index (χ1) is 9.10. The maximum Gasteiger partial charge on any atom is 0.258 e. The van der Waals surface area contributed by atoms with Crippen molar-refractivity contribution in [3.63, 3.8) is 0 Å². The van der Waals surface area contributed by atoms with Crippen LogP contribution < -0.4 is 5.32 Å². The molecule has 4 heteroatoms. The van der Waals surface area contributed by atoms with Crippen molar-refractivity contribution in [1.82, 2.24) is 4.98 Å². The molecule has 0 aliphatic heterocycles. The van der Waals surface area contributed by atoms with Crippen molar-refractivity contribution in [2.45, 2.75) is 13.8 Å². The third-order valence-corrected chi connectivity index (χ3v) is 2.67. The van der Waals surface area contributed by atoms with Crippen LogP contribution in [0, 0.1) is 25.2 Å². The summed E-state index contributed by atoms with van der Waals surface area (Å²) >= 11 is 0. The highest BCUT2D eigenvalue weighted by Gasteiger charge is 2.11. The number of carbonyl (C=O) groups excluding carboxylic acids is 1. The van der Waals surface area contributed by atoms with Gasteiger partial charge < -0.3 is 5.32 Å². The average molecular weight is 251 g/mol. The molecule has 0 atom stereocenters. The van der Waals surface area contributed by atoms with E-state index in [9.17, 15) is 4.79 Å². The van der Waals surface area contributed by atoms with E-state index in [1.807, 2.05) is 38.1 Å². The highest BCUT2D eigenvalue weighted by atomic mass is 16.1. The fourth-order valence-corrected chi connectivity index (χ4v) is 1.92. The van der Waals surface area contributed by atoms with Crippen molar-refractivity contribution in [3.05, 3.63) is 58.9 Å². The first kappa shape index (κ1) is 12.8. The van der Waals surface area contributed by atoms with Gasteiger partial charge >= 0.3 is 0 Å². The van der Waals surface area contributed by atoms with E-state index in [2.05, 4.69) is 10.3 Å². The Kier molecular flexibility index (Phi) is 3.58. The van der Waals surface area contributed by atoms with E-state index in [0.29, 0.717) is 5.56 Å². The molecule has 0 saturated heterocycles. The predicted molar refractivity (Wildman–Crippen MR) is 72.8 cm³/mol. The molecule has 1 amide bonds. The van der Waals surface area contributed by atoms with Gasteiger partial charge in [0.15, 0.2) is 0 Å². The van der Waals surface area contributed by atoms with Gasteiger partial charge in [0.25, 0.3) is 5.91 Å². The van der Waals surface area contributed by atoms with Crippen LogP contribution in [0.4, 0.5) is 5.69 Å². The molecule has 4 nitrogen and oxygen atoms in total. The van der Waals surface area contributed by atoms with Gasteiger partial charge in [0.05, 0.1) is 11.1 Å². The molecule has 0 saturated carbocycles. The van der Waals surface area contributed by atoms with E-state index in [4.69, 9.17) is 5.26 Å². The quantitative estimate of drug-likeness (QED) is 0.892. The maximum absolute atomic E-state index is 12.1. The molecule has 1 heterocycles. The van der Waals surface area contributed by atoms with Crippen LogP contribution in [-0.2, 0) is 0 Å². The molecular weight excluding hydrogens is 238 g/mol. The van der Waals surface area contributed by atoms with Gasteiger partial charge in [-0.2, -0.15) is 5.26 Å². The van der Waals surface area contributed by atoms with Crippen LogP contribution >= 0.6 is 0 Å². The number of hydrogen-bond acceptors (Lipinski definition) is 3. The summed E-state index contributed by atoms with van der Waals surface area (Å²) < 4.78 is 0. The lowest BCUT2D eigenvalue weighted by atomic mass is 10.1. The van der Waals surface area contributed by atoms with Gasteiger partial charge in [-0.25, -0.2) is 0 Å². The van der Waals surface area contributed by atoms with E-state index in [-0.39, 0.29) is 11.5 Å². The Balaban J connectivity index is 2.29. The molecule has 0 radical (unpaired) electrons. The topological polar surface area (TPSA) is 65.8 Å². The lowest BCUT2D eigenvalue weighted by Gasteiger charge is -2.08. The van der Waals surface area contributed by atoms with Gasteiger partial charge in [0.2, 0.25) is 0 Å². The van der Waals surface area contributed by atoms with Gasteiger partial charge in [0.1, 0.15) is 6.07 Å². The van der Waals surface area contributed by atoms with Crippen LogP contribution in [0.15, 0.2) is 36.7 Å². The number of nitrogens with zero attached hydrogens (tertiary/aromatic N) is 2. The number of nitrogens with one attached hydrogen (secondary N) is 1. The highest BCUT2D eigenvalue weighted by Crippen LogP contribution is 2.15. The maximum atomic E-state index is 12.1. The summed E-state index contributed by atoms with van der Waals surface area (Å²) in [4.78, 5) is 16.0. The number of benzene rings is 1. The van der Waals surface area contributed by atoms with Crippen molar-refractivity contribution in [2.75, 3.05) is 5.32 Å². The summed E-state index contributed by atoms with van der Waals surface area (Å²) in [6.07, 6.45) is 2.89. The summed E-state index contributed by atoms with van der Waals surface area (Å²) in [7, 11) is 0. The van der Waals surface area contributed by atoms with Crippen molar-refractivity contribution in [3.8, 4) is 6.07 Å². The first-order valence-electron chi connectivity index (χ1n) is 5.84. The second-order valence-corrected chi connectivity index (χ2v) is 4.36. The van der Waals surface area contributed by atoms with Gasteiger partial charge in [-0.3, -0.25) is 9.78 Å². The minimum Gasteiger partial charge on any atom is -0.322 e. The predicted octanol–water partition coefficient (Wildman–Crippen LogP) is 2.82. The Morgan fingerprint density at radius 3 is 2.58 bits per heavy atom. The summed E-state index contributed by atoms with van der Waals surface area (Å²) in [5.74, 6) is -0.324. The lowest BCUT2D eigenvalue weighted by molar-refractivity contribution is 0.102. The Morgan fingerprint density at radius 1 is 1.26 bits per heavy atom. The van der Waals surface area contributed by atoms with Crippen molar-refractivity contribution in [1.29, 1.82) is 5.26 Å². The second kappa shape index (κ2) is 5.32. The minimum absolute atomic E-state index is 0.282. The molecule has 1 aromatic heterocycles. The summed E-state index contributed by atoms with van der Waals surface area (Å²) in [6, 6.07) is 9.30. The van der Waals surface area contributed by atoms with E-state index < -0.39 is 0 Å². The number of aryl methyl sites for hydroxylation is 2. The molecule has 2 aromatic rings. The average Bonchev–Trinajstić information content (AvgIpc) is 2.37. The molecule has 0 aliphatic rings. The van der Waals surface area contributed by atoms with Crippen molar-refractivity contribution in [2.24, 2.45) is 0 Å².